The second kappa shape index (κ2) is 7.67. The van der Waals surface area contributed by atoms with Crippen LogP contribution in [0.2, 0.25) is 0 Å². The van der Waals surface area contributed by atoms with E-state index in [4.69, 9.17) is 5.11 Å². The molecule has 21 heavy (non-hydrogen) atoms. The first kappa shape index (κ1) is 17.0. The lowest BCUT2D eigenvalue weighted by Crippen LogP contribution is -2.41. The first-order valence-electron chi connectivity index (χ1n) is 7.18. The minimum atomic E-state index is -0.839. The van der Waals surface area contributed by atoms with Crippen LogP contribution in [-0.2, 0) is 4.79 Å². The van der Waals surface area contributed by atoms with Gasteiger partial charge in [-0.05, 0) is 45.7 Å². The van der Waals surface area contributed by atoms with Crippen molar-refractivity contribution < 1.29 is 14.7 Å². The molecule has 1 rings (SSSR count). The van der Waals surface area contributed by atoms with E-state index in [1.807, 2.05) is 45.9 Å². The van der Waals surface area contributed by atoms with Gasteiger partial charge in [0.05, 0.1) is 0 Å². The summed E-state index contributed by atoms with van der Waals surface area (Å²) in [6.07, 6.45) is 0.522. The molecule has 0 spiro atoms. The van der Waals surface area contributed by atoms with Crippen LogP contribution in [0, 0.1) is 13.8 Å². The molecule has 0 aliphatic carbocycles. The number of benzene rings is 1. The van der Waals surface area contributed by atoms with E-state index < -0.39 is 5.97 Å². The Morgan fingerprint density at radius 3 is 2.48 bits per heavy atom. The van der Waals surface area contributed by atoms with Gasteiger partial charge in [0.2, 0.25) is 0 Å². The lowest BCUT2D eigenvalue weighted by Gasteiger charge is -2.27. The Kier molecular flexibility index (Phi) is 6.21. The summed E-state index contributed by atoms with van der Waals surface area (Å²) in [5.74, 6) is -0.839. The second-order valence-electron chi connectivity index (χ2n) is 5.53. The Bertz CT molecular complexity index is 512. The van der Waals surface area contributed by atoms with E-state index in [-0.39, 0.29) is 18.5 Å². The van der Waals surface area contributed by atoms with Gasteiger partial charge < -0.3 is 15.3 Å². The largest absolute Gasteiger partial charge is 0.481 e. The van der Waals surface area contributed by atoms with Crippen molar-refractivity contribution in [2.75, 3.05) is 11.9 Å². The monoisotopic (exact) mass is 292 g/mol. The number of carboxylic acids is 1. The van der Waals surface area contributed by atoms with E-state index >= 15 is 0 Å². The number of carbonyl (C=O) groups is 2. The highest BCUT2D eigenvalue weighted by atomic mass is 16.4. The molecule has 0 unspecified atom stereocenters. The smallest absolute Gasteiger partial charge is 0.322 e. The lowest BCUT2D eigenvalue weighted by atomic mass is 10.1. The third-order valence-corrected chi connectivity index (χ3v) is 3.30. The summed E-state index contributed by atoms with van der Waals surface area (Å²) < 4.78 is 0. The number of aryl methyl sites for hydroxylation is 2. The van der Waals surface area contributed by atoms with Crippen LogP contribution in [0.25, 0.3) is 0 Å². The van der Waals surface area contributed by atoms with Crippen LogP contribution in [0.1, 0.15) is 37.8 Å². The predicted octanol–water partition coefficient (Wildman–Crippen LogP) is 3.41. The van der Waals surface area contributed by atoms with Gasteiger partial charge in [0.25, 0.3) is 0 Å². The molecule has 0 bridgehead atoms. The summed E-state index contributed by atoms with van der Waals surface area (Å²) >= 11 is 0. The highest BCUT2D eigenvalue weighted by Gasteiger charge is 2.17. The molecule has 0 heterocycles. The number of hydrogen-bond donors (Lipinski definition) is 2. The molecular formula is C16H24N2O3. The number of urea groups is 1. The SMILES string of the molecule is Cc1ccc(NC(=O)N(CCCC(=O)O)C(C)C)c(C)c1. The number of nitrogens with zero attached hydrogens (tertiary/aromatic N) is 1. The first-order valence-corrected chi connectivity index (χ1v) is 7.18. The highest BCUT2D eigenvalue weighted by Crippen LogP contribution is 2.17. The standard InChI is InChI=1S/C16H24N2O3/c1-11(2)18(9-5-6-15(19)20)16(21)17-14-8-7-12(3)10-13(14)4/h7-8,10-11H,5-6,9H2,1-4H3,(H,17,21)(H,19,20). The van der Waals surface area contributed by atoms with Crippen LogP contribution in [0.4, 0.5) is 10.5 Å². The normalized spacial score (nSPS) is 10.5. The number of anilines is 1. The van der Waals surface area contributed by atoms with Crippen molar-refractivity contribution in [2.45, 2.75) is 46.6 Å². The van der Waals surface area contributed by atoms with E-state index in [1.165, 1.54) is 0 Å². The summed E-state index contributed by atoms with van der Waals surface area (Å²) in [4.78, 5) is 24.6. The number of carbonyl (C=O) groups excluding carboxylic acids is 1. The molecule has 1 aromatic rings. The lowest BCUT2D eigenvalue weighted by molar-refractivity contribution is -0.137. The molecule has 0 saturated carbocycles. The van der Waals surface area contributed by atoms with Crippen molar-refractivity contribution in [1.29, 1.82) is 0 Å². The molecule has 116 valence electrons. The number of nitrogens with one attached hydrogen (secondary N) is 1. The minimum absolute atomic E-state index is 0.0181. The van der Waals surface area contributed by atoms with Crippen molar-refractivity contribution in [3.05, 3.63) is 29.3 Å². The average molecular weight is 292 g/mol. The summed E-state index contributed by atoms with van der Waals surface area (Å²) in [6.45, 7) is 8.23. The van der Waals surface area contributed by atoms with Crippen LogP contribution in [0.5, 0.6) is 0 Å². The molecule has 0 atom stereocenters. The molecule has 2 amide bonds. The van der Waals surface area contributed by atoms with Crippen LogP contribution in [0.15, 0.2) is 18.2 Å². The maximum atomic E-state index is 12.3. The summed E-state index contributed by atoms with van der Waals surface area (Å²) in [6, 6.07) is 5.68. The Hall–Kier alpha value is -2.04. The third kappa shape index (κ3) is 5.45. The molecule has 5 heteroatoms. The van der Waals surface area contributed by atoms with Gasteiger partial charge in [-0.1, -0.05) is 17.7 Å². The van der Waals surface area contributed by atoms with Crippen molar-refractivity contribution in [1.82, 2.24) is 4.90 Å². The molecule has 0 aliphatic rings. The van der Waals surface area contributed by atoms with Crippen LogP contribution < -0.4 is 5.32 Å². The predicted molar refractivity (Wildman–Crippen MR) is 83.6 cm³/mol. The fraction of sp³-hybridized carbons (Fsp3) is 0.500. The van der Waals surface area contributed by atoms with E-state index in [9.17, 15) is 9.59 Å². The van der Waals surface area contributed by atoms with Crippen molar-refractivity contribution >= 4 is 17.7 Å². The summed E-state index contributed by atoms with van der Waals surface area (Å²) in [5, 5.41) is 11.6. The molecular weight excluding hydrogens is 268 g/mol. The maximum absolute atomic E-state index is 12.3. The highest BCUT2D eigenvalue weighted by molar-refractivity contribution is 5.90. The number of carboxylic acid groups (broad SMARTS) is 1. The average Bonchev–Trinajstić information content (AvgIpc) is 2.37. The Labute approximate surface area is 126 Å². The zero-order valence-corrected chi connectivity index (χ0v) is 13.1. The van der Waals surface area contributed by atoms with Gasteiger partial charge in [0.15, 0.2) is 0 Å². The molecule has 0 fully saturated rings. The van der Waals surface area contributed by atoms with E-state index in [0.29, 0.717) is 13.0 Å². The van der Waals surface area contributed by atoms with Gasteiger partial charge >= 0.3 is 12.0 Å². The van der Waals surface area contributed by atoms with Gasteiger partial charge in [-0.3, -0.25) is 4.79 Å². The van der Waals surface area contributed by atoms with Gasteiger partial charge in [-0.15, -0.1) is 0 Å². The summed E-state index contributed by atoms with van der Waals surface area (Å²) in [7, 11) is 0. The summed E-state index contributed by atoms with van der Waals surface area (Å²) in [5.41, 5.74) is 2.94. The molecule has 5 nitrogen and oxygen atoms in total. The number of rotatable bonds is 6. The fourth-order valence-electron chi connectivity index (χ4n) is 2.14. The zero-order valence-electron chi connectivity index (χ0n) is 13.1. The van der Waals surface area contributed by atoms with Crippen LogP contribution >= 0.6 is 0 Å². The number of amides is 2. The van der Waals surface area contributed by atoms with E-state index in [0.717, 1.165) is 16.8 Å². The topological polar surface area (TPSA) is 69.6 Å². The molecule has 1 aromatic carbocycles. The van der Waals surface area contributed by atoms with E-state index in [2.05, 4.69) is 5.32 Å². The third-order valence-electron chi connectivity index (χ3n) is 3.30. The first-order chi connectivity index (χ1) is 9.81. The number of hydrogen-bond acceptors (Lipinski definition) is 2. The van der Waals surface area contributed by atoms with Gasteiger partial charge in [-0.25, -0.2) is 4.79 Å². The van der Waals surface area contributed by atoms with Gasteiger partial charge in [0.1, 0.15) is 0 Å². The molecule has 0 aliphatic heterocycles. The van der Waals surface area contributed by atoms with Crippen LogP contribution in [-0.4, -0.2) is 34.6 Å². The number of aliphatic carboxylic acids is 1. The molecule has 0 saturated heterocycles. The minimum Gasteiger partial charge on any atom is -0.481 e. The Morgan fingerprint density at radius 2 is 1.95 bits per heavy atom. The maximum Gasteiger partial charge on any atom is 0.322 e. The Morgan fingerprint density at radius 1 is 1.29 bits per heavy atom. The van der Waals surface area contributed by atoms with Gasteiger partial charge in [-0.2, -0.15) is 0 Å². The molecule has 0 radical (unpaired) electrons. The Balaban J connectivity index is 2.70. The zero-order chi connectivity index (χ0) is 16.0. The second-order valence-corrected chi connectivity index (χ2v) is 5.53. The van der Waals surface area contributed by atoms with Gasteiger partial charge in [0, 0.05) is 24.7 Å². The van der Waals surface area contributed by atoms with Crippen molar-refractivity contribution in [3.8, 4) is 0 Å². The molecule has 2 N–H and O–H groups in total. The quantitative estimate of drug-likeness (QED) is 0.844. The molecule has 0 aromatic heterocycles. The fourth-order valence-corrected chi connectivity index (χ4v) is 2.14. The van der Waals surface area contributed by atoms with E-state index in [1.54, 1.807) is 4.90 Å². The van der Waals surface area contributed by atoms with Crippen molar-refractivity contribution in [2.24, 2.45) is 0 Å². The van der Waals surface area contributed by atoms with Crippen molar-refractivity contribution in [3.63, 3.8) is 0 Å². The van der Waals surface area contributed by atoms with Crippen LogP contribution in [0.3, 0.4) is 0 Å².